The van der Waals surface area contributed by atoms with Gasteiger partial charge in [-0.3, -0.25) is 9.59 Å². The maximum atomic E-state index is 11.8. The third-order valence-corrected chi connectivity index (χ3v) is 3.09. The van der Waals surface area contributed by atoms with Crippen molar-refractivity contribution in [1.29, 1.82) is 0 Å². The van der Waals surface area contributed by atoms with Crippen molar-refractivity contribution in [2.45, 2.75) is 0 Å². The first kappa shape index (κ1) is 14.0. The predicted molar refractivity (Wildman–Crippen MR) is 79.1 cm³/mol. The molecule has 1 heterocycles. The largest absolute Gasteiger partial charge is 0.350 e. The van der Waals surface area contributed by atoms with Gasteiger partial charge in [0.1, 0.15) is 5.82 Å². The standard InChI is InChI=1S/C15H17N3O2/c1-17(2)14(20)9-18(3)15-12(10-19)8-11-6-4-5-7-13(11)16-15/h4-8,10H,9H2,1-3H3. The topological polar surface area (TPSA) is 53.5 Å². The predicted octanol–water partition coefficient (Wildman–Crippen LogP) is 1.57. The van der Waals surface area contributed by atoms with Crippen LogP contribution in [0.2, 0.25) is 0 Å². The molecule has 0 unspecified atom stereocenters. The van der Waals surface area contributed by atoms with E-state index in [2.05, 4.69) is 4.98 Å². The Morgan fingerprint density at radius 2 is 1.95 bits per heavy atom. The summed E-state index contributed by atoms with van der Waals surface area (Å²) >= 11 is 0. The summed E-state index contributed by atoms with van der Waals surface area (Å²) in [5, 5.41) is 0.908. The lowest BCUT2D eigenvalue weighted by molar-refractivity contribution is -0.127. The number of anilines is 1. The number of aldehydes is 1. The fraction of sp³-hybridized carbons (Fsp3) is 0.267. The lowest BCUT2D eigenvalue weighted by atomic mass is 10.1. The van der Waals surface area contributed by atoms with Gasteiger partial charge in [0.15, 0.2) is 6.29 Å². The van der Waals surface area contributed by atoms with Gasteiger partial charge in [-0.05, 0) is 12.1 Å². The first-order valence-corrected chi connectivity index (χ1v) is 6.29. The van der Waals surface area contributed by atoms with Crippen LogP contribution in [-0.2, 0) is 4.79 Å². The van der Waals surface area contributed by atoms with Gasteiger partial charge in [0.2, 0.25) is 5.91 Å². The van der Waals surface area contributed by atoms with E-state index in [1.54, 1.807) is 32.1 Å². The molecule has 1 aromatic heterocycles. The maximum absolute atomic E-state index is 11.8. The number of hydrogen-bond acceptors (Lipinski definition) is 4. The van der Waals surface area contributed by atoms with Crippen LogP contribution in [0.3, 0.4) is 0 Å². The molecule has 104 valence electrons. The van der Waals surface area contributed by atoms with Gasteiger partial charge in [0.25, 0.3) is 0 Å². The van der Waals surface area contributed by atoms with Gasteiger partial charge in [-0.25, -0.2) is 4.98 Å². The van der Waals surface area contributed by atoms with Crippen LogP contribution in [0.5, 0.6) is 0 Å². The van der Waals surface area contributed by atoms with Crippen LogP contribution < -0.4 is 4.90 Å². The summed E-state index contributed by atoms with van der Waals surface area (Å²) in [6.45, 7) is 0.180. The van der Waals surface area contributed by atoms with Crippen LogP contribution in [-0.4, -0.2) is 49.8 Å². The van der Waals surface area contributed by atoms with Crippen molar-refractivity contribution in [3.8, 4) is 0 Å². The highest BCUT2D eigenvalue weighted by molar-refractivity contribution is 5.92. The quantitative estimate of drug-likeness (QED) is 0.792. The summed E-state index contributed by atoms with van der Waals surface area (Å²) in [6, 6.07) is 9.38. The van der Waals surface area contributed by atoms with Crippen LogP contribution in [0, 0.1) is 0 Å². The molecule has 0 aliphatic rings. The van der Waals surface area contributed by atoms with Gasteiger partial charge in [-0.15, -0.1) is 0 Å². The Morgan fingerprint density at radius 1 is 1.25 bits per heavy atom. The van der Waals surface area contributed by atoms with Crippen LogP contribution in [0.1, 0.15) is 10.4 Å². The number of hydrogen-bond donors (Lipinski definition) is 0. The zero-order chi connectivity index (χ0) is 14.7. The second kappa shape index (κ2) is 5.69. The van der Waals surface area contributed by atoms with Crippen molar-refractivity contribution in [3.05, 3.63) is 35.9 Å². The lowest BCUT2D eigenvalue weighted by Crippen LogP contribution is -2.35. The van der Waals surface area contributed by atoms with Crippen molar-refractivity contribution in [3.63, 3.8) is 0 Å². The van der Waals surface area contributed by atoms with E-state index in [0.29, 0.717) is 11.4 Å². The summed E-state index contributed by atoms with van der Waals surface area (Å²) in [6.07, 6.45) is 0.769. The van der Waals surface area contributed by atoms with Gasteiger partial charge in [0.05, 0.1) is 17.6 Å². The zero-order valence-electron chi connectivity index (χ0n) is 11.8. The second-order valence-electron chi connectivity index (χ2n) is 4.86. The third kappa shape index (κ3) is 2.77. The van der Waals surface area contributed by atoms with E-state index in [4.69, 9.17) is 0 Å². The zero-order valence-corrected chi connectivity index (χ0v) is 11.8. The Hall–Kier alpha value is -2.43. The molecule has 0 aliphatic heterocycles. The fourth-order valence-electron chi connectivity index (χ4n) is 1.93. The Balaban J connectivity index is 2.41. The van der Waals surface area contributed by atoms with Crippen LogP contribution in [0.15, 0.2) is 30.3 Å². The van der Waals surface area contributed by atoms with Gasteiger partial charge >= 0.3 is 0 Å². The van der Waals surface area contributed by atoms with Crippen molar-refractivity contribution >= 4 is 28.9 Å². The minimum atomic E-state index is -0.0423. The molecular formula is C15H17N3O2. The molecule has 0 aliphatic carbocycles. The monoisotopic (exact) mass is 271 g/mol. The molecule has 5 nitrogen and oxygen atoms in total. The number of carbonyl (C=O) groups excluding carboxylic acids is 2. The van der Waals surface area contributed by atoms with Gasteiger partial charge in [-0.2, -0.15) is 0 Å². The summed E-state index contributed by atoms with van der Waals surface area (Å²) < 4.78 is 0. The Bertz CT molecular complexity index is 653. The average molecular weight is 271 g/mol. The van der Waals surface area contributed by atoms with Crippen LogP contribution >= 0.6 is 0 Å². The van der Waals surface area contributed by atoms with Crippen LogP contribution in [0.4, 0.5) is 5.82 Å². The van der Waals surface area contributed by atoms with Crippen molar-refractivity contribution in [2.75, 3.05) is 32.6 Å². The summed E-state index contributed by atoms with van der Waals surface area (Å²) in [4.78, 5) is 30.7. The van der Waals surface area contributed by atoms with E-state index < -0.39 is 0 Å². The van der Waals surface area contributed by atoms with E-state index in [0.717, 1.165) is 17.2 Å². The lowest BCUT2D eigenvalue weighted by Gasteiger charge is -2.21. The summed E-state index contributed by atoms with van der Waals surface area (Å²) in [5.41, 5.74) is 1.29. The Kier molecular flexibility index (Phi) is 3.98. The maximum Gasteiger partial charge on any atom is 0.241 e. The number of nitrogens with zero attached hydrogens (tertiary/aromatic N) is 3. The average Bonchev–Trinajstić information content (AvgIpc) is 2.45. The highest BCUT2D eigenvalue weighted by Crippen LogP contribution is 2.21. The molecule has 0 atom stereocenters. The molecule has 0 fully saturated rings. The van der Waals surface area contributed by atoms with E-state index in [1.807, 2.05) is 24.3 Å². The number of likely N-dealkylation sites (N-methyl/N-ethyl adjacent to an activating group) is 2. The molecule has 5 heteroatoms. The number of aromatic nitrogens is 1. The van der Waals surface area contributed by atoms with Gasteiger partial charge in [0, 0.05) is 26.5 Å². The molecule has 0 bridgehead atoms. The smallest absolute Gasteiger partial charge is 0.241 e. The highest BCUT2D eigenvalue weighted by Gasteiger charge is 2.14. The number of carbonyl (C=O) groups is 2. The molecular weight excluding hydrogens is 254 g/mol. The first-order chi connectivity index (χ1) is 9.52. The van der Waals surface area contributed by atoms with Crippen molar-refractivity contribution < 1.29 is 9.59 Å². The molecule has 1 amide bonds. The van der Waals surface area contributed by atoms with Crippen LogP contribution in [0.25, 0.3) is 10.9 Å². The number of fused-ring (bicyclic) bond motifs is 1. The minimum Gasteiger partial charge on any atom is -0.350 e. The van der Waals surface area contributed by atoms with Crippen molar-refractivity contribution in [1.82, 2.24) is 9.88 Å². The minimum absolute atomic E-state index is 0.0423. The molecule has 0 radical (unpaired) electrons. The SMILES string of the molecule is CN(C)C(=O)CN(C)c1nc2ccccc2cc1C=O. The molecule has 0 saturated heterocycles. The van der Waals surface area contributed by atoms with E-state index in [1.165, 1.54) is 4.90 Å². The number of pyridine rings is 1. The first-order valence-electron chi connectivity index (χ1n) is 6.29. The summed E-state index contributed by atoms with van der Waals surface area (Å²) in [5.74, 6) is 0.480. The van der Waals surface area contributed by atoms with E-state index >= 15 is 0 Å². The fourth-order valence-corrected chi connectivity index (χ4v) is 1.93. The number of benzene rings is 1. The Labute approximate surface area is 117 Å². The second-order valence-corrected chi connectivity index (χ2v) is 4.86. The van der Waals surface area contributed by atoms with Gasteiger partial charge in [-0.1, -0.05) is 18.2 Å². The van der Waals surface area contributed by atoms with E-state index in [-0.39, 0.29) is 12.5 Å². The molecule has 2 aromatic rings. The summed E-state index contributed by atoms with van der Waals surface area (Å²) in [7, 11) is 5.15. The molecule has 0 spiro atoms. The Morgan fingerprint density at radius 3 is 2.60 bits per heavy atom. The highest BCUT2D eigenvalue weighted by atomic mass is 16.2. The molecule has 0 saturated carbocycles. The molecule has 2 rings (SSSR count). The number of rotatable bonds is 4. The molecule has 1 aromatic carbocycles. The van der Waals surface area contributed by atoms with Gasteiger partial charge < -0.3 is 9.80 Å². The number of amides is 1. The number of para-hydroxylation sites is 1. The third-order valence-electron chi connectivity index (χ3n) is 3.09. The molecule has 0 N–H and O–H groups in total. The molecule has 20 heavy (non-hydrogen) atoms. The van der Waals surface area contributed by atoms with E-state index in [9.17, 15) is 9.59 Å². The van der Waals surface area contributed by atoms with Crippen molar-refractivity contribution in [2.24, 2.45) is 0 Å². The normalized spacial score (nSPS) is 10.3.